The topological polar surface area (TPSA) is 118 Å². The van der Waals surface area contributed by atoms with Crippen molar-refractivity contribution in [2.45, 2.75) is 32.1 Å². The summed E-state index contributed by atoms with van der Waals surface area (Å²) in [7, 11) is 3.72. The van der Waals surface area contributed by atoms with Crippen molar-refractivity contribution in [1.82, 2.24) is 35.4 Å². The summed E-state index contributed by atoms with van der Waals surface area (Å²) in [6, 6.07) is 2.08. The maximum atomic E-state index is 9.06. The fourth-order valence-corrected chi connectivity index (χ4v) is 3.93. The maximum absolute atomic E-state index is 9.06. The molecule has 2 aromatic heterocycles. The van der Waals surface area contributed by atoms with E-state index in [1.165, 1.54) is 25.0 Å². The maximum Gasteiger partial charge on any atom is 0.235 e. The van der Waals surface area contributed by atoms with E-state index in [2.05, 4.69) is 68.4 Å². The average Bonchev–Trinajstić information content (AvgIpc) is 3.46. The minimum Gasteiger partial charge on any atom is -0.362 e. The number of carbonyl (C=O) groups excluding carboxylic acids is 1. The number of aromatic nitrogens is 5. The van der Waals surface area contributed by atoms with Crippen LogP contribution >= 0.6 is 0 Å². The van der Waals surface area contributed by atoms with Gasteiger partial charge in [-0.05, 0) is 32.2 Å². The second kappa shape index (κ2) is 12.2. The number of amides is 1. The molecule has 3 N–H and O–H groups in total. The summed E-state index contributed by atoms with van der Waals surface area (Å²) in [5.74, 6) is 4.20. The Bertz CT molecular complexity index is 933. The fourth-order valence-electron chi connectivity index (χ4n) is 3.93. The van der Waals surface area contributed by atoms with Crippen molar-refractivity contribution in [3.63, 3.8) is 0 Å². The second-order valence-corrected chi connectivity index (χ2v) is 8.90. The predicted molar refractivity (Wildman–Crippen MR) is 134 cm³/mol. The number of likely N-dealkylation sites (N-methyl/N-ethyl adjacent to an activating group) is 1. The number of aromatic amines is 1. The van der Waals surface area contributed by atoms with Crippen molar-refractivity contribution in [2.75, 3.05) is 68.5 Å². The molecule has 2 aromatic rings. The van der Waals surface area contributed by atoms with E-state index in [0.717, 1.165) is 57.0 Å². The third-order valence-electron chi connectivity index (χ3n) is 6.08. The van der Waals surface area contributed by atoms with Crippen LogP contribution in [0, 0.1) is 18.8 Å². The molecule has 4 heterocycles. The van der Waals surface area contributed by atoms with Gasteiger partial charge in [-0.1, -0.05) is 6.92 Å². The SMILES string of the molecule is C#C.CNC=O.C[C@@H]1CCN(c2nc(Nc3cc(C4CC4)[nH]n3)nc(N3CCN(C)CC3)n2)C1. The van der Waals surface area contributed by atoms with E-state index in [1.807, 2.05) is 0 Å². The van der Waals surface area contributed by atoms with Gasteiger partial charge < -0.3 is 25.3 Å². The van der Waals surface area contributed by atoms with Crippen molar-refractivity contribution in [1.29, 1.82) is 0 Å². The number of hydrogen-bond donors (Lipinski definition) is 3. The van der Waals surface area contributed by atoms with Crippen LogP contribution in [0.4, 0.5) is 23.7 Å². The van der Waals surface area contributed by atoms with E-state index >= 15 is 0 Å². The molecule has 184 valence electrons. The van der Waals surface area contributed by atoms with E-state index in [1.54, 1.807) is 7.05 Å². The summed E-state index contributed by atoms with van der Waals surface area (Å²) in [5.41, 5.74) is 1.20. The van der Waals surface area contributed by atoms with E-state index in [-0.39, 0.29) is 0 Å². The number of nitrogens with one attached hydrogen (secondary N) is 3. The molecule has 1 saturated carbocycles. The van der Waals surface area contributed by atoms with E-state index in [9.17, 15) is 0 Å². The second-order valence-electron chi connectivity index (χ2n) is 8.90. The van der Waals surface area contributed by atoms with Gasteiger partial charge in [0.1, 0.15) is 0 Å². The van der Waals surface area contributed by atoms with Crippen LogP contribution in [0.1, 0.15) is 37.8 Å². The molecular formula is C23H36N10O. The van der Waals surface area contributed by atoms with Crippen molar-refractivity contribution in [2.24, 2.45) is 5.92 Å². The minimum absolute atomic E-state index is 0.576. The Hall–Kier alpha value is -3.39. The lowest BCUT2D eigenvalue weighted by Gasteiger charge is -2.32. The van der Waals surface area contributed by atoms with Gasteiger partial charge in [0, 0.05) is 64.0 Å². The molecule has 34 heavy (non-hydrogen) atoms. The summed E-state index contributed by atoms with van der Waals surface area (Å²) < 4.78 is 0. The summed E-state index contributed by atoms with van der Waals surface area (Å²) in [6.07, 6.45) is 12.3. The zero-order valence-electron chi connectivity index (χ0n) is 20.4. The zero-order valence-corrected chi connectivity index (χ0v) is 20.4. The number of H-pyrrole nitrogens is 1. The number of hydrogen-bond acceptors (Lipinski definition) is 9. The van der Waals surface area contributed by atoms with Gasteiger partial charge in [-0.25, -0.2) is 0 Å². The van der Waals surface area contributed by atoms with Crippen LogP contribution in [0.2, 0.25) is 0 Å². The van der Waals surface area contributed by atoms with E-state index in [4.69, 9.17) is 19.7 Å². The molecule has 3 fully saturated rings. The molecule has 11 nitrogen and oxygen atoms in total. The van der Waals surface area contributed by atoms with E-state index < -0.39 is 0 Å². The highest BCUT2D eigenvalue weighted by Crippen LogP contribution is 2.39. The summed E-state index contributed by atoms with van der Waals surface area (Å²) in [6.45, 7) is 8.20. The zero-order chi connectivity index (χ0) is 24.5. The molecule has 1 amide bonds. The molecule has 0 radical (unpaired) electrons. The molecule has 0 unspecified atom stereocenters. The molecule has 0 aromatic carbocycles. The van der Waals surface area contributed by atoms with Crippen molar-refractivity contribution in [3.8, 4) is 12.8 Å². The number of nitrogens with zero attached hydrogens (tertiary/aromatic N) is 7. The highest BCUT2D eigenvalue weighted by Gasteiger charge is 2.27. The first-order valence-electron chi connectivity index (χ1n) is 11.8. The smallest absolute Gasteiger partial charge is 0.235 e. The average molecular weight is 469 g/mol. The van der Waals surface area contributed by atoms with Crippen LogP contribution in [-0.2, 0) is 4.79 Å². The molecule has 2 aliphatic heterocycles. The molecule has 0 bridgehead atoms. The Morgan fingerprint density at radius 3 is 2.24 bits per heavy atom. The number of carbonyl (C=O) groups is 1. The van der Waals surface area contributed by atoms with Crippen LogP contribution in [0.5, 0.6) is 0 Å². The quantitative estimate of drug-likeness (QED) is 0.427. The minimum atomic E-state index is 0.576. The first-order chi connectivity index (χ1) is 16.6. The first kappa shape index (κ1) is 25.2. The van der Waals surface area contributed by atoms with E-state index in [0.29, 0.717) is 24.2 Å². The van der Waals surface area contributed by atoms with Gasteiger partial charge in [0.25, 0.3) is 0 Å². The van der Waals surface area contributed by atoms with Crippen molar-refractivity contribution < 1.29 is 4.79 Å². The molecule has 2 saturated heterocycles. The molecular weight excluding hydrogens is 432 g/mol. The third-order valence-corrected chi connectivity index (χ3v) is 6.08. The van der Waals surface area contributed by atoms with Crippen LogP contribution in [0.15, 0.2) is 6.07 Å². The highest BCUT2D eigenvalue weighted by molar-refractivity contribution is 5.53. The Labute approximate surface area is 201 Å². The van der Waals surface area contributed by atoms with Gasteiger partial charge in [-0.2, -0.15) is 20.1 Å². The standard InChI is InChI=1S/C19H29N9.C2H5NO.C2H2/c1-13-5-6-28(12-13)19-22-17(20-16-11-15(24-25-16)14-3-4-14)21-18(23-19)27-9-7-26(2)8-10-27;1-3-2-4;1-2/h11,13-14H,3-10,12H2,1-2H3,(H2,20,21,22,23,24,25);2H,1H3,(H,3,4);1-2H/t13-;;/m1../s1. The third kappa shape index (κ3) is 6.81. The Balaban J connectivity index is 0.000000492. The molecule has 0 spiro atoms. The Morgan fingerprint density at radius 1 is 1.03 bits per heavy atom. The molecule has 3 aliphatic rings. The van der Waals surface area contributed by atoms with Crippen molar-refractivity contribution in [3.05, 3.63) is 11.8 Å². The number of piperazine rings is 1. The first-order valence-corrected chi connectivity index (χ1v) is 11.8. The fraction of sp³-hybridized carbons (Fsp3) is 0.609. The van der Waals surface area contributed by atoms with Crippen molar-refractivity contribution >= 4 is 30.1 Å². The van der Waals surface area contributed by atoms with Crippen LogP contribution < -0.4 is 20.4 Å². The Morgan fingerprint density at radius 2 is 1.68 bits per heavy atom. The highest BCUT2D eigenvalue weighted by atomic mass is 16.1. The van der Waals surface area contributed by atoms with Gasteiger partial charge in [0.2, 0.25) is 24.3 Å². The van der Waals surface area contributed by atoms with Gasteiger partial charge in [0.05, 0.1) is 0 Å². The number of terminal acetylenes is 1. The number of rotatable bonds is 6. The van der Waals surface area contributed by atoms with Gasteiger partial charge in [-0.15, -0.1) is 12.8 Å². The Kier molecular flexibility index (Phi) is 9.04. The lowest BCUT2D eigenvalue weighted by atomic mass is 10.2. The normalized spacial score (nSPS) is 20.0. The molecule has 1 atom stereocenters. The monoisotopic (exact) mass is 468 g/mol. The van der Waals surface area contributed by atoms with Crippen LogP contribution in [0.25, 0.3) is 0 Å². The van der Waals surface area contributed by atoms with Gasteiger partial charge >= 0.3 is 0 Å². The lowest BCUT2D eigenvalue weighted by Crippen LogP contribution is -2.45. The summed E-state index contributed by atoms with van der Waals surface area (Å²) in [4.78, 5) is 30.2. The van der Waals surface area contributed by atoms with Gasteiger partial charge in [-0.3, -0.25) is 9.89 Å². The molecule has 1 aliphatic carbocycles. The predicted octanol–water partition coefficient (Wildman–Crippen LogP) is 1.43. The molecule has 5 rings (SSSR count). The summed E-state index contributed by atoms with van der Waals surface area (Å²) >= 11 is 0. The number of anilines is 4. The van der Waals surface area contributed by atoms with Gasteiger partial charge in [0.15, 0.2) is 5.82 Å². The lowest BCUT2D eigenvalue weighted by molar-refractivity contribution is -0.109. The van der Waals surface area contributed by atoms with Crippen LogP contribution in [-0.4, -0.2) is 89.8 Å². The largest absolute Gasteiger partial charge is 0.362 e. The molecule has 11 heteroatoms. The van der Waals surface area contributed by atoms with Crippen LogP contribution in [0.3, 0.4) is 0 Å². The summed E-state index contributed by atoms with van der Waals surface area (Å²) in [5, 5.41) is 13.1.